The second-order valence-electron chi connectivity index (χ2n) is 5.37. The summed E-state index contributed by atoms with van der Waals surface area (Å²) in [6.07, 6.45) is 1.48. The summed E-state index contributed by atoms with van der Waals surface area (Å²) in [7, 11) is -4.52. The predicted molar refractivity (Wildman–Crippen MR) is 102 cm³/mol. The van der Waals surface area contributed by atoms with E-state index in [0.717, 1.165) is 26.6 Å². The van der Waals surface area contributed by atoms with Crippen LogP contribution in [0.2, 0.25) is 0 Å². The van der Waals surface area contributed by atoms with Crippen molar-refractivity contribution in [3.63, 3.8) is 0 Å². The first-order valence-electron chi connectivity index (χ1n) is 7.10. The maximum Gasteiger partial charge on any atom is 0.243 e. The average molecular weight is 504 g/mol. The number of rotatable bonds is 3. The standard InChI is InChI=1S/C17H10Br2F2N2O2S/c18-11-4-9(5-12(19)8-11)13-2-1-3-23-16(13)10-6-14(20)17(15(21)7-10)26(22,24)25/h1-8H,(H2,22,24,25). The number of hydrogen-bond donors (Lipinski definition) is 1. The summed E-state index contributed by atoms with van der Waals surface area (Å²) in [4.78, 5) is 3.05. The van der Waals surface area contributed by atoms with Crippen molar-refractivity contribution in [1.82, 2.24) is 4.98 Å². The topological polar surface area (TPSA) is 73.1 Å². The molecule has 0 radical (unpaired) electrons. The molecule has 0 aliphatic carbocycles. The lowest BCUT2D eigenvalue weighted by molar-refractivity contribution is 0.520. The molecule has 1 heterocycles. The van der Waals surface area contributed by atoms with E-state index in [1.807, 2.05) is 18.2 Å². The van der Waals surface area contributed by atoms with Gasteiger partial charge in [0, 0.05) is 26.3 Å². The number of hydrogen-bond acceptors (Lipinski definition) is 3. The lowest BCUT2D eigenvalue weighted by atomic mass is 9.99. The Morgan fingerprint density at radius 1 is 0.923 bits per heavy atom. The van der Waals surface area contributed by atoms with Crippen molar-refractivity contribution in [3.05, 3.63) is 69.2 Å². The smallest absolute Gasteiger partial charge is 0.243 e. The van der Waals surface area contributed by atoms with E-state index in [1.165, 1.54) is 6.20 Å². The monoisotopic (exact) mass is 502 g/mol. The maximum absolute atomic E-state index is 14.2. The van der Waals surface area contributed by atoms with E-state index in [1.54, 1.807) is 12.1 Å². The van der Waals surface area contributed by atoms with Crippen molar-refractivity contribution in [2.45, 2.75) is 4.90 Å². The predicted octanol–water partition coefficient (Wildman–Crippen LogP) is 4.87. The van der Waals surface area contributed by atoms with Crippen LogP contribution in [0.5, 0.6) is 0 Å². The second kappa shape index (κ2) is 7.15. The van der Waals surface area contributed by atoms with Gasteiger partial charge in [-0.15, -0.1) is 0 Å². The molecule has 0 bridgehead atoms. The van der Waals surface area contributed by atoms with E-state index < -0.39 is 26.6 Å². The molecular formula is C17H10Br2F2N2O2S. The van der Waals surface area contributed by atoms with Gasteiger partial charge in [0.15, 0.2) is 4.90 Å². The summed E-state index contributed by atoms with van der Waals surface area (Å²) in [6, 6.07) is 10.8. The molecule has 9 heteroatoms. The summed E-state index contributed by atoms with van der Waals surface area (Å²) >= 11 is 6.79. The van der Waals surface area contributed by atoms with Crippen LogP contribution in [0, 0.1) is 11.6 Å². The summed E-state index contributed by atoms with van der Waals surface area (Å²) in [5, 5.41) is 4.87. The zero-order chi connectivity index (χ0) is 19.1. The highest BCUT2D eigenvalue weighted by Crippen LogP contribution is 2.35. The first kappa shape index (κ1) is 19.1. The van der Waals surface area contributed by atoms with Gasteiger partial charge in [0.1, 0.15) is 11.6 Å². The van der Waals surface area contributed by atoms with Gasteiger partial charge in [-0.05, 0) is 42.0 Å². The number of sulfonamides is 1. The first-order valence-corrected chi connectivity index (χ1v) is 10.2. The zero-order valence-corrected chi connectivity index (χ0v) is 16.9. The maximum atomic E-state index is 14.2. The van der Waals surface area contributed by atoms with E-state index in [9.17, 15) is 17.2 Å². The molecule has 4 nitrogen and oxygen atoms in total. The molecule has 134 valence electrons. The van der Waals surface area contributed by atoms with Crippen LogP contribution in [0.15, 0.2) is 62.5 Å². The lowest BCUT2D eigenvalue weighted by Gasteiger charge is -2.11. The molecular weight excluding hydrogens is 494 g/mol. The summed E-state index contributed by atoms with van der Waals surface area (Å²) in [5.74, 6) is -2.54. The van der Waals surface area contributed by atoms with Gasteiger partial charge in [-0.25, -0.2) is 22.3 Å². The molecule has 0 spiro atoms. The van der Waals surface area contributed by atoms with Crippen molar-refractivity contribution < 1.29 is 17.2 Å². The zero-order valence-electron chi connectivity index (χ0n) is 12.9. The van der Waals surface area contributed by atoms with Crippen molar-refractivity contribution in [2.75, 3.05) is 0 Å². The minimum Gasteiger partial charge on any atom is -0.256 e. The molecule has 0 aliphatic heterocycles. The highest BCUT2D eigenvalue weighted by molar-refractivity contribution is 9.11. The van der Waals surface area contributed by atoms with E-state index in [-0.39, 0.29) is 5.56 Å². The number of nitrogens with two attached hydrogens (primary N) is 1. The summed E-state index contributed by atoms with van der Waals surface area (Å²) in [5.41, 5.74) is 1.78. The first-order chi connectivity index (χ1) is 12.2. The molecule has 1 aromatic heterocycles. The van der Waals surface area contributed by atoms with Crippen molar-refractivity contribution >= 4 is 41.9 Å². The largest absolute Gasteiger partial charge is 0.256 e. The third-order valence-electron chi connectivity index (χ3n) is 3.54. The van der Waals surface area contributed by atoms with Gasteiger partial charge >= 0.3 is 0 Å². The second-order valence-corrected chi connectivity index (χ2v) is 8.70. The fourth-order valence-electron chi connectivity index (χ4n) is 2.55. The van der Waals surface area contributed by atoms with E-state index in [2.05, 4.69) is 36.8 Å². The van der Waals surface area contributed by atoms with Crippen LogP contribution in [0.4, 0.5) is 8.78 Å². The van der Waals surface area contributed by atoms with Crippen molar-refractivity contribution in [2.24, 2.45) is 5.14 Å². The number of benzene rings is 2. The molecule has 0 fully saturated rings. The molecule has 0 atom stereocenters. The van der Waals surface area contributed by atoms with Crippen molar-refractivity contribution in [1.29, 1.82) is 0 Å². The summed E-state index contributed by atoms with van der Waals surface area (Å²) < 4.78 is 52.7. The fourth-order valence-corrected chi connectivity index (χ4v) is 4.50. The van der Waals surface area contributed by atoms with Crippen LogP contribution in [0.25, 0.3) is 22.4 Å². The third-order valence-corrected chi connectivity index (χ3v) is 5.41. The van der Waals surface area contributed by atoms with Gasteiger partial charge in [0.2, 0.25) is 10.0 Å². The van der Waals surface area contributed by atoms with Gasteiger partial charge in [-0.1, -0.05) is 37.9 Å². The van der Waals surface area contributed by atoms with Crippen LogP contribution >= 0.6 is 31.9 Å². The van der Waals surface area contributed by atoms with Crippen LogP contribution in [0.3, 0.4) is 0 Å². The lowest BCUT2D eigenvalue weighted by Crippen LogP contribution is -2.16. The molecule has 0 saturated heterocycles. The Kier molecular flexibility index (Phi) is 5.25. The Bertz CT molecular complexity index is 1080. The number of halogens is 4. The van der Waals surface area contributed by atoms with Gasteiger partial charge in [-0.2, -0.15) is 0 Å². The van der Waals surface area contributed by atoms with Crippen LogP contribution < -0.4 is 5.14 Å². The van der Waals surface area contributed by atoms with Gasteiger partial charge < -0.3 is 0 Å². The van der Waals surface area contributed by atoms with Crippen molar-refractivity contribution in [3.8, 4) is 22.4 Å². The molecule has 2 aromatic carbocycles. The molecule has 26 heavy (non-hydrogen) atoms. The van der Waals surface area contributed by atoms with Crippen LogP contribution in [-0.2, 0) is 10.0 Å². The molecule has 2 N–H and O–H groups in total. The molecule has 3 rings (SSSR count). The Hall–Kier alpha value is -1.68. The Morgan fingerprint density at radius 3 is 2.04 bits per heavy atom. The van der Waals surface area contributed by atoms with Crippen LogP contribution in [0.1, 0.15) is 0 Å². The van der Waals surface area contributed by atoms with Gasteiger partial charge in [-0.3, -0.25) is 4.98 Å². The normalized spacial score (nSPS) is 11.6. The Morgan fingerprint density at radius 2 is 1.50 bits per heavy atom. The highest BCUT2D eigenvalue weighted by atomic mass is 79.9. The average Bonchev–Trinajstić information content (AvgIpc) is 2.52. The Labute approximate surface area is 165 Å². The quantitative estimate of drug-likeness (QED) is 0.554. The Balaban J connectivity index is 2.24. The van der Waals surface area contributed by atoms with Gasteiger partial charge in [0.05, 0.1) is 5.69 Å². The van der Waals surface area contributed by atoms with E-state index >= 15 is 0 Å². The highest BCUT2D eigenvalue weighted by Gasteiger charge is 2.23. The minimum absolute atomic E-state index is 0.0964. The van der Waals surface area contributed by atoms with Crippen LogP contribution in [-0.4, -0.2) is 13.4 Å². The minimum atomic E-state index is -4.52. The van der Waals surface area contributed by atoms with Gasteiger partial charge in [0.25, 0.3) is 0 Å². The number of pyridine rings is 1. The molecule has 0 amide bonds. The number of aromatic nitrogens is 1. The number of nitrogens with zero attached hydrogens (tertiary/aromatic N) is 1. The number of primary sulfonamides is 1. The van der Waals surface area contributed by atoms with E-state index in [0.29, 0.717) is 11.3 Å². The SMILES string of the molecule is NS(=O)(=O)c1c(F)cc(-c2ncccc2-c2cc(Br)cc(Br)c2)cc1F. The molecule has 3 aromatic rings. The third kappa shape index (κ3) is 3.85. The molecule has 0 unspecified atom stereocenters. The molecule has 0 saturated carbocycles. The van der Waals surface area contributed by atoms with E-state index in [4.69, 9.17) is 5.14 Å². The molecule has 0 aliphatic rings. The fraction of sp³-hybridized carbons (Fsp3) is 0. The summed E-state index contributed by atoms with van der Waals surface area (Å²) in [6.45, 7) is 0.